The molecule has 0 aromatic heterocycles. The summed E-state index contributed by atoms with van der Waals surface area (Å²) in [4.78, 5) is 0. The van der Waals surface area contributed by atoms with Gasteiger partial charge in [-0.15, -0.1) is 0 Å². The summed E-state index contributed by atoms with van der Waals surface area (Å²) in [7, 11) is 0. The first-order chi connectivity index (χ1) is 8.88. The van der Waals surface area contributed by atoms with Crippen LogP contribution in [0.1, 0.15) is 0 Å². The fourth-order valence-corrected chi connectivity index (χ4v) is 3.41. The number of rotatable bonds is 1. The Morgan fingerprint density at radius 1 is 0.778 bits per heavy atom. The van der Waals surface area contributed by atoms with Crippen molar-refractivity contribution in [1.82, 2.24) is 0 Å². The third-order valence-electron chi connectivity index (χ3n) is 4.26. The molecule has 0 saturated carbocycles. The van der Waals surface area contributed by atoms with E-state index in [1.165, 1.54) is 22.3 Å². The molecule has 0 aromatic carbocycles. The number of aliphatic hydroxyl groups is 1. The first-order valence-electron chi connectivity index (χ1n) is 6.38. The highest BCUT2D eigenvalue weighted by Gasteiger charge is 2.37. The maximum atomic E-state index is 9.49. The first kappa shape index (κ1) is 10.1. The number of hydrogen-bond donors (Lipinski definition) is 1. The van der Waals surface area contributed by atoms with Gasteiger partial charge in [-0.1, -0.05) is 54.7 Å². The second-order valence-corrected chi connectivity index (χ2v) is 5.12. The number of allylic oxidation sites excluding steroid dienone is 12. The number of hydrogen-bond acceptors (Lipinski definition) is 1. The molecule has 18 heavy (non-hydrogen) atoms. The van der Waals surface area contributed by atoms with Crippen LogP contribution in [0.2, 0.25) is 0 Å². The Hall–Kier alpha value is -1.86. The molecule has 4 aliphatic carbocycles. The van der Waals surface area contributed by atoms with Crippen LogP contribution >= 0.6 is 0 Å². The van der Waals surface area contributed by atoms with E-state index in [1.807, 2.05) is 6.08 Å². The van der Waals surface area contributed by atoms with Crippen molar-refractivity contribution < 1.29 is 5.11 Å². The summed E-state index contributed by atoms with van der Waals surface area (Å²) in [5.41, 5.74) is 6.48. The Kier molecular flexibility index (Phi) is 2.00. The second-order valence-electron chi connectivity index (χ2n) is 5.12. The van der Waals surface area contributed by atoms with E-state index in [4.69, 9.17) is 0 Å². The molecular weight excluding hydrogens is 220 g/mol. The highest BCUT2D eigenvalue weighted by Crippen LogP contribution is 2.49. The number of aliphatic hydroxyl groups excluding tert-OH is 1. The predicted molar refractivity (Wildman–Crippen MR) is 72.8 cm³/mol. The molecule has 1 nitrogen and oxygen atoms in total. The van der Waals surface area contributed by atoms with Gasteiger partial charge >= 0.3 is 0 Å². The zero-order chi connectivity index (χ0) is 12.1. The van der Waals surface area contributed by atoms with E-state index < -0.39 is 0 Å². The van der Waals surface area contributed by atoms with Crippen LogP contribution in [0.25, 0.3) is 0 Å². The maximum absolute atomic E-state index is 9.49. The van der Waals surface area contributed by atoms with Crippen molar-refractivity contribution in [2.24, 2.45) is 11.8 Å². The summed E-state index contributed by atoms with van der Waals surface area (Å²) in [6.45, 7) is 0.126. The van der Waals surface area contributed by atoms with E-state index >= 15 is 0 Å². The third-order valence-corrected chi connectivity index (χ3v) is 4.26. The Morgan fingerprint density at radius 2 is 1.50 bits per heavy atom. The average molecular weight is 234 g/mol. The third kappa shape index (κ3) is 1.20. The van der Waals surface area contributed by atoms with Crippen LogP contribution in [-0.4, -0.2) is 11.7 Å². The quantitative estimate of drug-likeness (QED) is 0.739. The largest absolute Gasteiger partial charge is 0.392 e. The summed E-state index contributed by atoms with van der Waals surface area (Å²) in [6.07, 6.45) is 19.6. The van der Waals surface area contributed by atoms with Crippen LogP contribution in [-0.2, 0) is 0 Å². The molecule has 2 atom stereocenters. The molecule has 0 fully saturated rings. The van der Waals surface area contributed by atoms with Crippen molar-refractivity contribution in [2.45, 2.75) is 0 Å². The van der Waals surface area contributed by atoms with Crippen LogP contribution in [0.3, 0.4) is 0 Å². The van der Waals surface area contributed by atoms with Crippen molar-refractivity contribution in [1.29, 1.82) is 0 Å². The van der Waals surface area contributed by atoms with Gasteiger partial charge in [0, 0.05) is 11.8 Å². The summed E-state index contributed by atoms with van der Waals surface area (Å²) in [6, 6.07) is 0. The molecule has 0 heterocycles. The molecule has 1 N–H and O–H groups in total. The van der Waals surface area contributed by atoms with Gasteiger partial charge < -0.3 is 5.11 Å². The lowest BCUT2D eigenvalue weighted by atomic mass is 9.63. The van der Waals surface area contributed by atoms with E-state index in [0.717, 1.165) is 5.57 Å². The molecule has 0 bridgehead atoms. The minimum absolute atomic E-state index is 0.126. The summed E-state index contributed by atoms with van der Waals surface area (Å²) in [5, 5.41) is 9.49. The van der Waals surface area contributed by atoms with Gasteiger partial charge in [-0.05, 0) is 27.9 Å². The van der Waals surface area contributed by atoms with Crippen LogP contribution in [0.5, 0.6) is 0 Å². The molecule has 0 aliphatic heterocycles. The SMILES string of the molecule is OCC1=C2C=CC3=CC=CC4=CC=C(C=C1)C2C34. The van der Waals surface area contributed by atoms with Gasteiger partial charge in [0.2, 0.25) is 0 Å². The molecule has 0 aromatic rings. The van der Waals surface area contributed by atoms with Gasteiger partial charge in [0.05, 0.1) is 6.61 Å². The van der Waals surface area contributed by atoms with Crippen molar-refractivity contribution in [3.63, 3.8) is 0 Å². The zero-order valence-electron chi connectivity index (χ0n) is 10.0. The lowest BCUT2D eigenvalue weighted by Crippen LogP contribution is -2.29. The monoisotopic (exact) mass is 234 g/mol. The molecule has 4 rings (SSSR count). The summed E-state index contributed by atoms with van der Waals surface area (Å²) < 4.78 is 0. The van der Waals surface area contributed by atoms with Gasteiger partial charge in [-0.3, -0.25) is 0 Å². The Morgan fingerprint density at radius 3 is 2.33 bits per heavy atom. The fourth-order valence-electron chi connectivity index (χ4n) is 3.41. The molecule has 1 heteroatoms. The van der Waals surface area contributed by atoms with Crippen molar-refractivity contribution >= 4 is 0 Å². The molecule has 0 radical (unpaired) electrons. The van der Waals surface area contributed by atoms with Crippen LogP contribution < -0.4 is 0 Å². The van der Waals surface area contributed by atoms with Gasteiger partial charge in [0.25, 0.3) is 0 Å². The van der Waals surface area contributed by atoms with E-state index in [1.54, 1.807) is 0 Å². The normalized spacial score (nSPS) is 30.8. The molecule has 4 aliphatic rings. The predicted octanol–water partition coefficient (Wildman–Crippen LogP) is 3.01. The molecular formula is C17H14O. The molecule has 88 valence electrons. The minimum atomic E-state index is 0.126. The van der Waals surface area contributed by atoms with Crippen molar-refractivity contribution in [3.05, 3.63) is 82.5 Å². The fraction of sp³-hybridized carbons (Fsp3) is 0.176. The average Bonchev–Trinajstić information content (AvgIpc) is 2.44. The Balaban J connectivity index is 1.99. The van der Waals surface area contributed by atoms with Crippen LogP contribution in [0, 0.1) is 11.8 Å². The van der Waals surface area contributed by atoms with E-state index in [2.05, 4.69) is 48.6 Å². The van der Waals surface area contributed by atoms with E-state index in [9.17, 15) is 5.11 Å². The molecule has 0 saturated heterocycles. The van der Waals surface area contributed by atoms with Crippen LogP contribution in [0.4, 0.5) is 0 Å². The molecule has 2 unspecified atom stereocenters. The second kappa shape index (κ2) is 3.56. The van der Waals surface area contributed by atoms with Crippen molar-refractivity contribution in [2.75, 3.05) is 6.61 Å². The lowest BCUT2D eigenvalue weighted by Gasteiger charge is -2.40. The topological polar surface area (TPSA) is 20.2 Å². The smallest absolute Gasteiger partial charge is 0.0684 e. The maximum Gasteiger partial charge on any atom is 0.0684 e. The molecule has 0 spiro atoms. The van der Waals surface area contributed by atoms with Gasteiger partial charge in [0.15, 0.2) is 0 Å². The van der Waals surface area contributed by atoms with Crippen LogP contribution in [0.15, 0.2) is 82.5 Å². The Bertz CT molecular complexity index is 633. The van der Waals surface area contributed by atoms with E-state index in [-0.39, 0.29) is 6.61 Å². The minimum Gasteiger partial charge on any atom is -0.392 e. The van der Waals surface area contributed by atoms with Crippen molar-refractivity contribution in [3.8, 4) is 0 Å². The standard InChI is InChI=1S/C17H14O/c18-10-14-7-6-13-5-4-11-2-1-3-12-8-9-15(14)17(13)16(11)12/h1-9,16-18H,10H2. The summed E-state index contributed by atoms with van der Waals surface area (Å²) in [5.74, 6) is 0.847. The summed E-state index contributed by atoms with van der Waals surface area (Å²) >= 11 is 0. The Labute approximate surface area is 107 Å². The van der Waals surface area contributed by atoms with Gasteiger partial charge in [0.1, 0.15) is 0 Å². The molecule has 0 amide bonds. The highest BCUT2D eigenvalue weighted by molar-refractivity contribution is 5.61. The van der Waals surface area contributed by atoms with Gasteiger partial charge in [-0.2, -0.15) is 0 Å². The zero-order valence-corrected chi connectivity index (χ0v) is 10.0. The first-order valence-corrected chi connectivity index (χ1v) is 6.38. The van der Waals surface area contributed by atoms with Gasteiger partial charge in [-0.25, -0.2) is 0 Å². The van der Waals surface area contributed by atoms with E-state index in [0.29, 0.717) is 11.8 Å². The lowest BCUT2D eigenvalue weighted by molar-refractivity contribution is 0.331. The highest BCUT2D eigenvalue weighted by atomic mass is 16.3.